The minimum Gasteiger partial charge on any atom is -0.497 e. The first-order chi connectivity index (χ1) is 12.2. The Kier molecular flexibility index (Phi) is 11.5. The minimum absolute atomic E-state index is 0.873. The molecule has 0 heterocycles. The molecule has 25 heavy (non-hydrogen) atoms. The minimum atomic E-state index is 0.873. The Morgan fingerprint density at radius 1 is 1.04 bits per heavy atom. The molecule has 0 bridgehead atoms. The number of benzene rings is 1. The number of hydrogen-bond acceptors (Lipinski definition) is 3. The third-order valence-corrected chi connectivity index (χ3v) is 4.26. The zero-order chi connectivity index (χ0) is 18.3. The van der Waals surface area contributed by atoms with Gasteiger partial charge >= 0.3 is 0 Å². The predicted molar refractivity (Wildman–Crippen MR) is 108 cm³/mol. The summed E-state index contributed by atoms with van der Waals surface area (Å²) in [4.78, 5) is 7.14. The van der Waals surface area contributed by atoms with Crippen LogP contribution in [0.4, 0.5) is 0 Å². The zero-order valence-corrected chi connectivity index (χ0v) is 16.5. The van der Waals surface area contributed by atoms with Gasteiger partial charge in [-0.1, -0.05) is 26.0 Å². The highest BCUT2D eigenvalue weighted by atomic mass is 16.5. The molecular weight excluding hydrogens is 312 g/mol. The Labute approximate surface area is 153 Å². The average molecular weight is 349 g/mol. The van der Waals surface area contributed by atoms with Gasteiger partial charge in [0.2, 0.25) is 0 Å². The third-order valence-electron chi connectivity index (χ3n) is 4.26. The molecule has 0 unspecified atom stereocenters. The summed E-state index contributed by atoms with van der Waals surface area (Å²) in [5.74, 6) is 1.81. The predicted octanol–water partition coefficient (Wildman–Crippen LogP) is 2.91. The van der Waals surface area contributed by atoms with Gasteiger partial charge in [0.05, 0.1) is 7.11 Å². The summed E-state index contributed by atoms with van der Waals surface area (Å²) in [7, 11) is 1.69. The molecule has 0 atom stereocenters. The lowest BCUT2D eigenvalue weighted by atomic mass is 10.1. The fourth-order valence-corrected chi connectivity index (χ4v) is 2.64. The molecule has 1 aromatic carbocycles. The fourth-order valence-electron chi connectivity index (χ4n) is 2.64. The van der Waals surface area contributed by atoms with Crippen LogP contribution in [0.5, 0.6) is 5.75 Å². The van der Waals surface area contributed by atoms with Crippen molar-refractivity contribution < 1.29 is 4.74 Å². The highest BCUT2D eigenvalue weighted by Gasteiger charge is 2.00. The number of guanidine groups is 1. The number of hydrogen-bond donors (Lipinski definition) is 2. The molecule has 2 N–H and O–H groups in total. The topological polar surface area (TPSA) is 48.9 Å². The maximum atomic E-state index is 5.19. The SMILES string of the molecule is CCNC(=NCCCCN(CC)CC)NCCc1ccc(OC)cc1. The van der Waals surface area contributed by atoms with Gasteiger partial charge < -0.3 is 20.3 Å². The smallest absolute Gasteiger partial charge is 0.191 e. The molecule has 1 aromatic rings. The summed E-state index contributed by atoms with van der Waals surface area (Å²) >= 11 is 0. The molecule has 1 rings (SSSR count). The monoisotopic (exact) mass is 348 g/mol. The van der Waals surface area contributed by atoms with Crippen LogP contribution in [0.15, 0.2) is 29.3 Å². The molecule has 5 nitrogen and oxygen atoms in total. The van der Waals surface area contributed by atoms with Gasteiger partial charge in [0.1, 0.15) is 5.75 Å². The number of unbranched alkanes of at least 4 members (excludes halogenated alkanes) is 1. The Bertz CT molecular complexity index is 469. The highest BCUT2D eigenvalue weighted by Crippen LogP contribution is 2.11. The molecule has 0 aliphatic heterocycles. The maximum absolute atomic E-state index is 5.19. The van der Waals surface area contributed by atoms with Crippen molar-refractivity contribution in [1.29, 1.82) is 0 Å². The van der Waals surface area contributed by atoms with E-state index in [1.165, 1.54) is 18.5 Å². The van der Waals surface area contributed by atoms with Gasteiger partial charge in [-0.3, -0.25) is 4.99 Å². The van der Waals surface area contributed by atoms with Crippen molar-refractivity contribution in [2.75, 3.05) is 46.4 Å². The van der Waals surface area contributed by atoms with Crippen molar-refractivity contribution >= 4 is 5.96 Å². The molecule has 0 spiro atoms. The second kappa shape index (κ2) is 13.5. The van der Waals surface area contributed by atoms with Crippen molar-refractivity contribution in [1.82, 2.24) is 15.5 Å². The Morgan fingerprint density at radius 2 is 1.76 bits per heavy atom. The first kappa shape index (κ1) is 21.3. The van der Waals surface area contributed by atoms with Crippen LogP contribution in [0, 0.1) is 0 Å². The molecule has 0 fully saturated rings. The van der Waals surface area contributed by atoms with Crippen molar-refractivity contribution in [3.05, 3.63) is 29.8 Å². The number of ether oxygens (including phenoxy) is 1. The summed E-state index contributed by atoms with van der Waals surface area (Å²) < 4.78 is 5.19. The zero-order valence-electron chi connectivity index (χ0n) is 16.5. The molecule has 0 radical (unpaired) electrons. The van der Waals surface area contributed by atoms with Gasteiger partial charge in [-0.05, 0) is 63.5 Å². The van der Waals surface area contributed by atoms with Crippen LogP contribution in [0.25, 0.3) is 0 Å². The fraction of sp³-hybridized carbons (Fsp3) is 0.650. The average Bonchev–Trinajstić information content (AvgIpc) is 2.65. The first-order valence-electron chi connectivity index (χ1n) is 9.60. The summed E-state index contributed by atoms with van der Waals surface area (Å²) in [6.07, 6.45) is 3.30. The van der Waals surface area contributed by atoms with E-state index in [1.807, 2.05) is 12.1 Å². The van der Waals surface area contributed by atoms with E-state index in [0.717, 1.165) is 57.3 Å². The van der Waals surface area contributed by atoms with Crippen molar-refractivity contribution in [2.24, 2.45) is 4.99 Å². The van der Waals surface area contributed by atoms with Crippen LogP contribution in [-0.4, -0.2) is 57.2 Å². The first-order valence-corrected chi connectivity index (χ1v) is 9.60. The van der Waals surface area contributed by atoms with E-state index >= 15 is 0 Å². The number of nitrogens with zero attached hydrogens (tertiary/aromatic N) is 2. The molecule has 0 saturated carbocycles. The van der Waals surface area contributed by atoms with Crippen LogP contribution < -0.4 is 15.4 Å². The molecule has 0 aliphatic rings. The largest absolute Gasteiger partial charge is 0.497 e. The van der Waals surface area contributed by atoms with Gasteiger partial charge in [-0.15, -0.1) is 0 Å². The maximum Gasteiger partial charge on any atom is 0.191 e. The van der Waals surface area contributed by atoms with E-state index < -0.39 is 0 Å². The standard InChI is InChI=1S/C20H36N4O/c1-5-21-20(22-15-8-9-17-24(6-2)7-3)23-16-14-18-10-12-19(25-4)13-11-18/h10-13H,5-9,14-17H2,1-4H3,(H2,21,22,23). The molecular formula is C20H36N4O. The molecule has 5 heteroatoms. The summed E-state index contributed by atoms with van der Waals surface area (Å²) in [5, 5.41) is 6.73. The van der Waals surface area contributed by atoms with Gasteiger partial charge in [-0.2, -0.15) is 0 Å². The number of rotatable bonds is 12. The Balaban J connectivity index is 2.29. The van der Waals surface area contributed by atoms with Crippen molar-refractivity contribution in [3.8, 4) is 5.75 Å². The molecule has 0 amide bonds. The summed E-state index contributed by atoms with van der Waals surface area (Å²) in [5.41, 5.74) is 1.29. The number of nitrogens with one attached hydrogen (secondary N) is 2. The van der Waals surface area contributed by atoms with Crippen LogP contribution in [0.1, 0.15) is 39.2 Å². The quantitative estimate of drug-likeness (QED) is 0.346. The lowest BCUT2D eigenvalue weighted by Gasteiger charge is -2.17. The lowest BCUT2D eigenvalue weighted by Crippen LogP contribution is -2.38. The normalized spacial score (nSPS) is 11.6. The van der Waals surface area contributed by atoms with Crippen LogP contribution in [-0.2, 0) is 6.42 Å². The van der Waals surface area contributed by atoms with E-state index in [1.54, 1.807) is 7.11 Å². The Morgan fingerprint density at radius 3 is 2.36 bits per heavy atom. The lowest BCUT2D eigenvalue weighted by molar-refractivity contribution is 0.297. The highest BCUT2D eigenvalue weighted by molar-refractivity contribution is 5.79. The third kappa shape index (κ3) is 9.34. The van der Waals surface area contributed by atoms with Crippen LogP contribution in [0.2, 0.25) is 0 Å². The van der Waals surface area contributed by atoms with Crippen LogP contribution in [0.3, 0.4) is 0 Å². The van der Waals surface area contributed by atoms with E-state index in [4.69, 9.17) is 4.74 Å². The van der Waals surface area contributed by atoms with Gasteiger partial charge in [-0.25, -0.2) is 0 Å². The Hall–Kier alpha value is -1.75. The van der Waals surface area contributed by atoms with Crippen molar-refractivity contribution in [3.63, 3.8) is 0 Å². The van der Waals surface area contributed by atoms with Crippen molar-refractivity contribution in [2.45, 2.75) is 40.0 Å². The summed E-state index contributed by atoms with van der Waals surface area (Å²) in [6, 6.07) is 8.23. The number of aliphatic imine (C=N–C) groups is 1. The molecule has 142 valence electrons. The second-order valence-electron chi connectivity index (χ2n) is 6.02. The second-order valence-corrected chi connectivity index (χ2v) is 6.02. The van der Waals surface area contributed by atoms with E-state index in [0.29, 0.717) is 0 Å². The molecule has 0 aliphatic carbocycles. The van der Waals surface area contributed by atoms with E-state index in [-0.39, 0.29) is 0 Å². The van der Waals surface area contributed by atoms with E-state index in [9.17, 15) is 0 Å². The van der Waals surface area contributed by atoms with Gasteiger partial charge in [0.25, 0.3) is 0 Å². The summed E-state index contributed by atoms with van der Waals surface area (Å²) in [6.45, 7) is 12.6. The number of methoxy groups -OCH3 is 1. The van der Waals surface area contributed by atoms with E-state index in [2.05, 4.69) is 53.4 Å². The van der Waals surface area contributed by atoms with Gasteiger partial charge in [0, 0.05) is 19.6 Å². The van der Waals surface area contributed by atoms with Gasteiger partial charge in [0.15, 0.2) is 5.96 Å². The molecule has 0 saturated heterocycles. The van der Waals surface area contributed by atoms with Crippen LogP contribution >= 0.6 is 0 Å². The molecule has 0 aromatic heterocycles.